The van der Waals surface area contributed by atoms with Gasteiger partial charge in [-0.3, -0.25) is 9.13 Å². The standard InChI is InChI=1S/C9H20N2O9P2/c10-6(2-1-4-21(14,15)16)8(12)20-9(13)7(11)3-5-22(17,18)19/h6-7H,1-5,10-11H2,(H2,14,15,16)(H2,17,18,19). The van der Waals surface area contributed by atoms with Gasteiger partial charge in [-0.05, 0) is 19.3 Å². The van der Waals surface area contributed by atoms with E-state index in [0.29, 0.717) is 0 Å². The molecule has 0 aromatic carbocycles. The normalized spacial score (nSPS) is 15.2. The zero-order valence-corrected chi connectivity index (χ0v) is 13.4. The van der Waals surface area contributed by atoms with Gasteiger partial charge in [-0.25, -0.2) is 9.59 Å². The van der Waals surface area contributed by atoms with Crippen LogP contribution < -0.4 is 11.5 Å². The fraction of sp³-hybridized carbons (Fsp3) is 0.778. The molecule has 0 aliphatic carbocycles. The Bertz CT molecular complexity index is 485. The number of rotatable bonds is 9. The van der Waals surface area contributed by atoms with Crippen molar-refractivity contribution >= 4 is 27.1 Å². The highest BCUT2D eigenvalue weighted by atomic mass is 31.2. The first-order valence-corrected chi connectivity index (χ1v) is 9.77. The molecule has 0 rings (SSSR count). The Morgan fingerprint density at radius 3 is 1.68 bits per heavy atom. The Balaban J connectivity index is 4.20. The molecule has 13 heteroatoms. The first-order valence-electron chi connectivity index (χ1n) is 6.17. The minimum Gasteiger partial charge on any atom is -0.391 e. The predicted molar refractivity (Wildman–Crippen MR) is 74.7 cm³/mol. The van der Waals surface area contributed by atoms with Crippen LogP contribution in [-0.2, 0) is 23.5 Å². The van der Waals surface area contributed by atoms with E-state index < -0.39 is 51.5 Å². The second-order valence-electron chi connectivity index (χ2n) is 4.66. The summed E-state index contributed by atoms with van der Waals surface area (Å²) in [6, 6.07) is -2.65. The highest BCUT2D eigenvalue weighted by molar-refractivity contribution is 7.52. The maximum atomic E-state index is 11.4. The van der Waals surface area contributed by atoms with E-state index in [1.165, 1.54) is 0 Å². The summed E-state index contributed by atoms with van der Waals surface area (Å²) >= 11 is 0. The molecular weight excluding hydrogens is 342 g/mol. The number of hydrogen-bond donors (Lipinski definition) is 6. The van der Waals surface area contributed by atoms with Crippen LogP contribution in [0.2, 0.25) is 0 Å². The molecule has 0 aromatic rings. The summed E-state index contributed by atoms with van der Waals surface area (Å²) in [5, 5.41) is 0. The van der Waals surface area contributed by atoms with E-state index in [0.717, 1.165) is 0 Å². The average molecular weight is 362 g/mol. The molecule has 8 N–H and O–H groups in total. The molecule has 130 valence electrons. The number of nitrogens with two attached hydrogens (primary N) is 2. The molecule has 0 aliphatic heterocycles. The van der Waals surface area contributed by atoms with E-state index in [1.54, 1.807) is 0 Å². The summed E-state index contributed by atoms with van der Waals surface area (Å²) in [4.78, 5) is 57.4. The smallest absolute Gasteiger partial charge is 0.330 e. The lowest BCUT2D eigenvalue weighted by molar-refractivity contribution is -0.161. The summed E-state index contributed by atoms with van der Waals surface area (Å²) in [6.07, 6.45) is -1.60. The molecule has 0 heterocycles. The Kier molecular flexibility index (Phi) is 8.60. The molecule has 0 spiro atoms. The van der Waals surface area contributed by atoms with Crippen LogP contribution in [0, 0.1) is 0 Å². The number of carbonyl (C=O) groups excluding carboxylic acids is 2. The van der Waals surface area contributed by atoms with Crippen LogP contribution in [0.4, 0.5) is 0 Å². The third kappa shape index (κ3) is 11.0. The molecule has 2 atom stereocenters. The lowest BCUT2D eigenvalue weighted by Crippen LogP contribution is -2.40. The van der Waals surface area contributed by atoms with Crippen LogP contribution in [0.25, 0.3) is 0 Å². The van der Waals surface area contributed by atoms with E-state index in [4.69, 9.17) is 31.0 Å². The summed E-state index contributed by atoms with van der Waals surface area (Å²) in [7, 11) is -8.50. The summed E-state index contributed by atoms with van der Waals surface area (Å²) in [5.41, 5.74) is 10.7. The van der Waals surface area contributed by atoms with Gasteiger partial charge in [0.2, 0.25) is 0 Å². The minimum atomic E-state index is -4.31. The summed E-state index contributed by atoms with van der Waals surface area (Å²) in [6.45, 7) is 0. The molecule has 11 nitrogen and oxygen atoms in total. The average Bonchev–Trinajstić information content (AvgIpc) is 2.32. The molecular formula is C9H20N2O9P2. The molecule has 0 amide bonds. The fourth-order valence-corrected chi connectivity index (χ4v) is 2.52. The van der Waals surface area contributed by atoms with Gasteiger partial charge in [-0.2, -0.15) is 0 Å². The Labute approximate surface area is 126 Å². The van der Waals surface area contributed by atoms with E-state index in [-0.39, 0.29) is 19.3 Å². The largest absolute Gasteiger partial charge is 0.391 e. The van der Waals surface area contributed by atoms with Gasteiger partial charge < -0.3 is 35.8 Å². The van der Waals surface area contributed by atoms with Gasteiger partial charge in [0.1, 0.15) is 12.1 Å². The maximum Gasteiger partial charge on any atom is 0.330 e. The van der Waals surface area contributed by atoms with Crippen molar-refractivity contribution in [2.24, 2.45) is 11.5 Å². The molecule has 22 heavy (non-hydrogen) atoms. The van der Waals surface area contributed by atoms with Crippen molar-refractivity contribution in [2.45, 2.75) is 31.3 Å². The van der Waals surface area contributed by atoms with Crippen LogP contribution in [-0.4, -0.2) is 55.9 Å². The van der Waals surface area contributed by atoms with Crippen molar-refractivity contribution in [3.8, 4) is 0 Å². The monoisotopic (exact) mass is 362 g/mol. The second kappa shape index (κ2) is 8.85. The van der Waals surface area contributed by atoms with E-state index in [9.17, 15) is 18.7 Å². The van der Waals surface area contributed by atoms with Crippen molar-refractivity contribution in [1.82, 2.24) is 0 Å². The Hall–Kier alpha value is -0.640. The van der Waals surface area contributed by atoms with E-state index in [2.05, 4.69) is 4.74 Å². The summed E-state index contributed by atoms with van der Waals surface area (Å²) < 4.78 is 25.6. The Morgan fingerprint density at radius 1 is 0.864 bits per heavy atom. The first kappa shape index (κ1) is 21.4. The van der Waals surface area contributed by atoms with Gasteiger partial charge in [-0.1, -0.05) is 0 Å². The quantitative estimate of drug-likeness (QED) is 0.153. The Morgan fingerprint density at radius 2 is 1.27 bits per heavy atom. The van der Waals surface area contributed by atoms with Gasteiger partial charge in [0.25, 0.3) is 0 Å². The number of carbonyl (C=O) groups is 2. The predicted octanol–water partition coefficient (Wildman–Crippen LogP) is -1.76. The third-order valence-electron chi connectivity index (χ3n) is 2.50. The molecule has 0 fully saturated rings. The third-order valence-corrected chi connectivity index (χ3v) is 4.24. The van der Waals surface area contributed by atoms with Gasteiger partial charge in [0.15, 0.2) is 0 Å². The second-order valence-corrected chi connectivity index (χ2v) is 8.21. The van der Waals surface area contributed by atoms with Crippen molar-refractivity contribution in [3.05, 3.63) is 0 Å². The van der Waals surface area contributed by atoms with Gasteiger partial charge in [0, 0.05) is 6.16 Å². The van der Waals surface area contributed by atoms with E-state index in [1.807, 2.05) is 0 Å². The van der Waals surface area contributed by atoms with Gasteiger partial charge >= 0.3 is 27.1 Å². The zero-order valence-electron chi connectivity index (χ0n) is 11.6. The fourth-order valence-electron chi connectivity index (χ4n) is 1.31. The van der Waals surface area contributed by atoms with Crippen LogP contribution in [0.3, 0.4) is 0 Å². The minimum absolute atomic E-state index is 0.0427. The maximum absolute atomic E-state index is 11.4. The van der Waals surface area contributed by atoms with Crippen molar-refractivity contribution < 1.29 is 43.0 Å². The van der Waals surface area contributed by atoms with Crippen molar-refractivity contribution in [3.63, 3.8) is 0 Å². The number of esters is 2. The van der Waals surface area contributed by atoms with Crippen molar-refractivity contribution in [1.29, 1.82) is 0 Å². The zero-order chi connectivity index (χ0) is 17.6. The number of hydrogen-bond acceptors (Lipinski definition) is 7. The number of ether oxygens (including phenoxy) is 1. The molecule has 0 saturated heterocycles. The lowest BCUT2D eigenvalue weighted by atomic mass is 10.2. The molecule has 0 bridgehead atoms. The van der Waals surface area contributed by atoms with Crippen LogP contribution in [0.15, 0.2) is 0 Å². The van der Waals surface area contributed by atoms with Crippen LogP contribution >= 0.6 is 15.2 Å². The SMILES string of the molecule is NC(CCCP(=O)(O)O)C(=O)OC(=O)C(N)CCP(=O)(O)O. The molecule has 2 unspecified atom stereocenters. The highest BCUT2D eigenvalue weighted by Gasteiger charge is 2.25. The van der Waals surface area contributed by atoms with Crippen molar-refractivity contribution in [2.75, 3.05) is 12.3 Å². The first-order chi connectivity index (χ1) is 9.82. The summed E-state index contributed by atoms with van der Waals surface area (Å²) in [5.74, 6) is -2.30. The lowest BCUT2D eigenvalue weighted by Gasteiger charge is -2.14. The van der Waals surface area contributed by atoms with Crippen LogP contribution in [0.1, 0.15) is 19.3 Å². The molecule has 0 saturated carbocycles. The van der Waals surface area contributed by atoms with E-state index >= 15 is 0 Å². The van der Waals surface area contributed by atoms with Gasteiger partial charge in [0.05, 0.1) is 6.16 Å². The van der Waals surface area contributed by atoms with Gasteiger partial charge in [-0.15, -0.1) is 0 Å². The highest BCUT2D eigenvalue weighted by Crippen LogP contribution is 2.36. The topological polar surface area (TPSA) is 210 Å². The molecule has 0 aliphatic rings. The van der Waals surface area contributed by atoms with Crippen LogP contribution in [0.5, 0.6) is 0 Å². The molecule has 0 aromatic heterocycles. The molecule has 0 radical (unpaired) electrons.